The Morgan fingerprint density at radius 3 is 2.33 bits per heavy atom. The molecule has 0 saturated heterocycles. The molecule has 1 aromatic heterocycles. The first kappa shape index (κ1) is 26.2. The number of amides is 1. The molecule has 0 spiro atoms. The minimum absolute atomic E-state index is 0.0456. The number of nitrogens with zero attached hydrogens (tertiary/aromatic N) is 2. The lowest BCUT2D eigenvalue weighted by Crippen LogP contribution is -2.26. The number of hydrogen-bond acceptors (Lipinski definition) is 3. The minimum Gasteiger partial charge on any atom is -0.494 e. The second kappa shape index (κ2) is 12.9. The predicted molar refractivity (Wildman–Crippen MR) is 158 cm³/mol. The van der Waals surface area contributed by atoms with Crippen LogP contribution in [-0.2, 0) is 24.2 Å². The van der Waals surface area contributed by atoms with Gasteiger partial charge in [-0.3, -0.25) is 4.79 Å². The molecule has 0 aliphatic rings. The normalized spacial score (nSPS) is 11.0. The number of ether oxygens (including phenoxy) is 1. The van der Waals surface area contributed by atoms with Gasteiger partial charge in [0.1, 0.15) is 11.6 Å². The molecule has 5 aromatic rings. The zero-order chi connectivity index (χ0) is 26.9. The topological polar surface area (TPSA) is 56.1 Å². The Labute approximate surface area is 230 Å². The third-order valence-corrected chi connectivity index (χ3v) is 6.87. The van der Waals surface area contributed by atoms with E-state index in [2.05, 4.69) is 71.4 Å². The molecule has 0 aliphatic heterocycles. The van der Waals surface area contributed by atoms with E-state index >= 15 is 0 Å². The largest absolute Gasteiger partial charge is 0.494 e. The number of fused-ring (bicyclic) bond motifs is 1. The van der Waals surface area contributed by atoms with Crippen molar-refractivity contribution in [2.24, 2.45) is 0 Å². The minimum atomic E-state index is 0.0456. The van der Waals surface area contributed by atoms with Gasteiger partial charge in [-0.15, -0.1) is 0 Å². The van der Waals surface area contributed by atoms with Gasteiger partial charge in [-0.25, -0.2) is 4.98 Å². The number of nitrogens with one attached hydrogen (secondary N) is 1. The maximum Gasteiger partial charge on any atom is 0.224 e. The number of aromatic nitrogens is 2. The molecule has 198 valence electrons. The third kappa shape index (κ3) is 7.14. The van der Waals surface area contributed by atoms with E-state index in [9.17, 15) is 4.79 Å². The van der Waals surface area contributed by atoms with Gasteiger partial charge in [0, 0.05) is 19.5 Å². The van der Waals surface area contributed by atoms with E-state index in [1.165, 1.54) is 11.1 Å². The Hall–Kier alpha value is -4.38. The fourth-order valence-electron chi connectivity index (χ4n) is 4.78. The molecule has 5 nitrogen and oxygen atoms in total. The van der Waals surface area contributed by atoms with Crippen LogP contribution < -0.4 is 10.1 Å². The van der Waals surface area contributed by atoms with Gasteiger partial charge in [0.2, 0.25) is 5.91 Å². The number of rotatable bonds is 12. The van der Waals surface area contributed by atoms with Crippen molar-refractivity contribution < 1.29 is 9.53 Å². The second-order valence-corrected chi connectivity index (χ2v) is 9.88. The first-order valence-corrected chi connectivity index (χ1v) is 13.7. The van der Waals surface area contributed by atoms with Crippen molar-refractivity contribution in [3.63, 3.8) is 0 Å². The molecule has 1 amide bonds. The Balaban J connectivity index is 1.10. The smallest absolute Gasteiger partial charge is 0.224 e. The molecule has 5 rings (SSSR count). The lowest BCUT2D eigenvalue weighted by Gasteiger charge is -2.11. The van der Waals surface area contributed by atoms with Crippen molar-refractivity contribution in [2.75, 3.05) is 13.2 Å². The SMILES string of the molecule is Cc1ccc(OCCCn2c(CCCNC(=O)Cc3ccc(-c4ccccc4)cc3)nc3ccccc32)cc1. The average Bonchev–Trinajstić information content (AvgIpc) is 3.32. The van der Waals surface area contributed by atoms with Crippen LogP contribution in [0.1, 0.15) is 29.8 Å². The molecule has 39 heavy (non-hydrogen) atoms. The number of imidazole rings is 1. The van der Waals surface area contributed by atoms with E-state index < -0.39 is 0 Å². The summed E-state index contributed by atoms with van der Waals surface area (Å²) < 4.78 is 8.23. The van der Waals surface area contributed by atoms with Gasteiger partial charge < -0.3 is 14.6 Å². The van der Waals surface area contributed by atoms with E-state index in [1.54, 1.807) is 0 Å². The summed E-state index contributed by atoms with van der Waals surface area (Å²) in [6.45, 7) is 4.19. The van der Waals surface area contributed by atoms with Crippen molar-refractivity contribution >= 4 is 16.9 Å². The van der Waals surface area contributed by atoms with E-state index in [0.717, 1.165) is 59.5 Å². The van der Waals surface area contributed by atoms with Gasteiger partial charge in [-0.2, -0.15) is 0 Å². The van der Waals surface area contributed by atoms with Gasteiger partial charge in [-0.1, -0.05) is 84.4 Å². The van der Waals surface area contributed by atoms with Crippen molar-refractivity contribution in [3.05, 3.63) is 120 Å². The average molecular weight is 518 g/mol. The van der Waals surface area contributed by atoms with Gasteiger partial charge in [0.05, 0.1) is 24.1 Å². The summed E-state index contributed by atoms with van der Waals surface area (Å²) in [7, 11) is 0. The fourth-order valence-corrected chi connectivity index (χ4v) is 4.78. The van der Waals surface area contributed by atoms with Crippen LogP contribution in [0.3, 0.4) is 0 Å². The van der Waals surface area contributed by atoms with Crippen LogP contribution in [0, 0.1) is 6.92 Å². The highest BCUT2D eigenvalue weighted by molar-refractivity contribution is 5.79. The Morgan fingerprint density at radius 2 is 1.54 bits per heavy atom. The predicted octanol–water partition coefficient (Wildman–Crippen LogP) is 6.77. The van der Waals surface area contributed by atoms with Crippen molar-refractivity contribution in [1.82, 2.24) is 14.9 Å². The summed E-state index contributed by atoms with van der Waals surface area (Å²) >= 11 is 0. The highest BCUT2D eigenvalue weighted by atomic mass is 16.5. The quantitative estimate of drug-likeness (QED) is 0.186. The van der Waals surface area contributed by atoms with E-state index in [0.29, 0.717) is 19.6 Å². The molecule has 0 bridgehead atoms. The van der Waals surface area contributed by atoms with E-state index in [1.807, 2.05) is 48.5 Å². The van der Waals surface area contributed by atoms with Crippen LogP contribution in [0.15, 0.2) is 103 Å². The highest BCUT2D eigenvalue weighted by Crippen LogP contribution is 2.20. The molecule has 0 atom stereocenters. The van der Waals surface area contributed by atoms with Crippen LogP contribution >= 0.6 is 0 Å². The summed E-state index contributed by atoms with van der Waals surface area (Å²) in [6.07, 6.45) is 2.91. The lowest BCUT2D eigenvalue weighted by molar-refractivity contribution is -0.120. The highest BCUT2D eigenvalue weighted by Gasteiger charge is 2.11. The van der Waals surface area contributed by atoms with Crippen molar-refractivity contribution in [3.8, 4) is 16.9 Å². The van der Waals surface area contributed by atoms with Crippen LogP contribution in [-0.4, -0.2) is 28.6 Å². The van der Waals surface area contributed by atoms with Crippen LogP contribution in [0.4, 0.5) is 0 Å². The number of hydrogen-bond donors (Lipinski definition) is 1. The number of benzene rings is 4. The standard InChI is InChI=1S/C34H35N3O2/c1-26-14-20-30(21-15-26)39-24-8-23-37-32-12-6-5-11-31(32)36-33(37)13-7-22-35-34(38)25-27-16-18-29(19-17-27)28-9-3-2-4-10-28/h2-6,9-12,14-21H,7-8,13,22-25H2,1H3,(H,35,38). The summed E-state index contributed by atoms with van der Waals surface area (Å²) in [4.78, 5) is 17.4. The Bertz CT molecular complexity index is 1490. The molecule has 0 fully saturated rings. The molecule has 0 unspecified atom stereocenters. The fraction of sp³-hybridized carbons (Fsp3) is 0.235. The summed E-state index contributed by atoms with van der Waals surface area (Å²) in [5.41, 5.74) is 6.73. The molecular weight excluding hydrogens is 482 g/mol. The summed E-state index contributed by atoms with van der Waals surface area (Å²) in [6, 6.07) is 34.9. The number of para-hydroxylation sites is 2. The van der Waals surface area contributed by atoms with Crippen molar-refractivity contribution in [2.45, 2.75) is 39.2 Å². The number of carbonyl (C=O) groups is 1. The monoisotopic (exact) mass is 517 g/mol. The van der Waals surface area contributed by atoms with Crippen LogP contribution in [0.25, 0.3) is 22.2 Å². The molecule has 0 saturated carbocycles. The molecule has 0 radical (unpaired) electrons. The van der Waals surface area contributed by atoms with Gasteiger partial charge in [0.25, 0.3) is 0 Å². The molecular formula is C34H35N3O2. The lowest BCUT2D eigenvalue weighted by atomic mass is 10.0. The molecule has 5 heteroatoms. The van der Waals surface area contributed by atoms with E-state index in [4.69, 9.17) is 9.72 Å². The second-order valence-electron chi connectivity index (χ2n) is 9.88. The first-order chi connectivity index (χ1) is 19.2. The third-order valence-electron chi connectivity index (χ3n) is 6.87. The maximum atomic E-state index is 12.6. The number of aryl methyl sites for hydroxylation is 3. The number of carbonyl (C=O) groups excluding carboxylic acids is 1. The van der Waals surface area contributed by atoms with Gasteiger partial charge in [0.15, 0.2) is 0 Å². The van der Waals surface area contributed by atoms with Crippen LogP contribution in [0.5, 0.6) is 5.75 Å². The molecule has 0 aliphatic carbocycles. The summed E-state index contributed by atoms with van der Waals surface area (Å²) in [5.74, 6) is 2.00. The molecule has 1 N–H and O–H groups in total. The summed E-state index contributed by atoms with van der Waals surface area (Å²) in [5, 5.41) is 3.08. The van der Waals surface area contributed by atoms with Gasteiger partial charge in [-0.05, 0) is 60.7 Å². The molecule has 1 heterocycles. The first-order valence-electron chi connectivity index (χ1n) is 13.7. The zero-order valence-corrected chi connectivity index (χ0v) is 22.5. The Morgan fingerprint density at radius 1 is 0.821 bits per heavy atom. The molecule has 4 aromatic carbocycles. The van der Waals surface area contributed by atoms with Crippen molar-refractivity contribution in [1.29, 1.82) is 0 Å². The Kier molecular flexibility index (Phi) is 8.69. The maximum absolute atomic E-state index is 12.6. The van der Waals surface area contributed by atoms with Crippen LogP contribution in [0.2, 0.25) is 0 Å². The zero-order valence-electron chi connectivity index (χ0n) is 22.5. The van der Waals surface area contributed by atoms with Gasteiger partial charge >= 0.3 is 0 Å². The van der Waals surface area contributed by atoms with E-state index in [-0.39, 0.29) is 5.91 Å².